The fraction of sp³-hybridized carbons (Fsp3) is 0.217. The molecular formula is C23H22O5. The van der Waals surface area contributed by atoms with E-state index in [0.717, 1.165) is 23.4 Å². The maximum Gasteiger partial charge on any atom is 0.344 e. The van der Waals surface area contributed by atoms with Crippen molar-refractivity contribution in [2.45, 2.75) is 13.3 Å². The van der Waals surface area contributed by atoms with Gasteiger partial charge in [0.15, 0.2) is 0 Å². The molecule has 0 radical (unpaired) electrons. The Bertz CT molecular complexity index is 1020. The van der Waals surface area contributed by atoms with Gasteiger partial charge >= 0.3 is 11.6 Å². The SMILES string of the molecule is C=CC(=O)OCC(CC)COc1ccc2cc(-c3ccccc3)c(=O)oc2c1. The van der Waals surface area contributed by atoms with Gasteiger partial charge in [0.1, 0.15) is 11.3 Å². The van der Waals surface area contributed by atoms with E-state index < -0.39 is 11.6 Å². The summed E-state index contributed by atoms with van der Waals surface area (Å²) < 4.78 is 16.4. The Hall–Kier alpha value is -3.34. The molecule has 0 amide bonds. The minimum Gasteiger partial charge on any atom is -0.493 e. The van der Waals surface area contributed by atoms with Crippen LogP contribution in [0.1, 0.15) is 13.3 Å². The van der Waals surface area contributed by atoms with Crippen LogP contribution in [0.5, 0.6) is 5.75 Å². The van der Waals surface area contributed by atoms with Crippen molar-refractivity contribution in [1.82, 2.24) is 0 Å². The van der Waals surface area contributed by atoms with Gasteiger partial charge in [-0.15, -0.1) is 0 Å². The normalized spacial score (nSPS) is 11.8. The van der Waals surface area contributed by atoms with Gasteiger partial charge in [0, 0.05) is 23.4 Å². The Morgan fingerprint density at radius 1 is 1.14 bits per heavy atom. The lowest BCUT2D eigenvalue weighted by Gasteiger charge is -2.15. The topological polar surface area (TPSA) is 65.7 Å². The first-order chi connectivity index (χ1) is 13.6. The van der Waals surface area contributed by atoms with Gasteiger partial charge in [0.2, 0.25) is 0 Å². The van der Waals surface area contributed by atoms with Crippen molar-refractivity contribution >= 4 is 16.9 Å². The second-order valence-corrected chi connectivity index (χ2v) is 6.43. The van der Waals surface area contributed by atoms with Gasteiger partial charge in [-0.25, -0.2) is 9.59 Å². The highest BCUT2D eigenvalue weighted by molar-refractivity contribution is 5.82. The number of hydrogen-bond donors (Lipinski definition) is 0. The molecule has 2 aromatic carbocycles. The summed E-state index contributed by atoms with van der Waals surface area (Å²) in [6, 6.07) is 16.6. The molecule has 0 N–H and O–H groups in total. The molecule has 3 rings (SSSR count). The highest BCUT2D eigenvalue weighted by atomic mass is 16.5. The molecular weight excluding hydrogens is 356 g/mol. The quantitative estimate of drug-likeness (QED) is 0.326. The highest BCUT2D eigenvalue weighted by Gasteiger charge is 2.12. The van der Waals surface area contributed by atoms with Gasteiger partial charge in [-0.05, 0) is 30.2 Å². The zero-order chi connectivity index (χ0) is 19.9. The number of carbonyl (C=O) groups is 1. The van der Waals surface area contributed by atoms with Crippen LogP contribution in [0.2, 0.25) is 0 Å². The van der Waals surface area contributed by atoms with E-state index in [1.807, 2.05) is 55.5 Å². The van der Waals surface area contributed by atoms with Gasteiger partial charge < -0.3 is 13.9 Å². The molecule has 1 atom stereocenters. The van der Waals surface area contributed by atoms with Gasteiger partial charge in [-0.3, -0.25) is 0 Å². The number of hydrogen-bond acceptors (Lipinski definition) is 5. The third-order valence-corrected chi connectivity index (χ3v) is 4.48. The number of esters is 1. The Kier molecular flexibility index (Phi) is 6.27. The molecule has 1 aromatic heterocycles. The molecule has 0 aliphatic carbocycles. The molecule has 5 heteroatoms. The fourth-order valence-corrected chi connectivity index (χ4v) is 2.76. The maximum absolute atomic E-state index is 12.4. The molecule has 0 aliphatic rings. The number of benzene rings is 2. The molecule has 0 saturated heterocycles. The van der Waals surface area contributed by atoms with E-state index in [2.05, 4.69) is 6.58 Å². The van der Waals surface area contributed by atoms with Gasteiger partial charge in [0.25, 0.3) is 0 Å². The molecule has 144 valence electrons. The van der Waals surface area contributed by atoms with Gasteiger partial charge in [0.05, 0.1) is 18.8 Å². The molecule has 5 nitrogen and oxygen atoms in total. The first kappa shape index (κ1) is 19.4. The van der Waals surface area contributed by atoms with Crippen LogP contribution in [0.15, 0.2) is 76.5 Å². The molecule has 28 heavy (non-hydrogen) atoms. The fourth-order valence-electron chi connectivity index (χ4n) is 2.76. The van der Waals surface area contributed by atoms with E-state index in [-0.39, 0.29) is 12.5 Å². The lowest BCUT2D eigenvalue weighted by molar-refractivity contribution is -0.139. The van der Waals surface area contributed by atoms with Crippen molar-refractivity contribution in [3.63, 3.8) is 0 Å². The van der Waals surface area contributed by atoms with Crippen molar-refractivity contribution in [2.24, 2.45) is 5.92 Å². The molecule has 1 unspecified atom stereocenters. The molecule has 1 heterocycles. The molecule has 0 saturated carbocycles. The second kappa shape index (κ2) is 9.04. The Balaban J connectivity index is 1.74. The first-order valence-corrected chi connectivity index (χ1v) is 9.16. The summed E-state index contributed by atoms with van der Waals surface area (Å²) in [4.78, 5) is 23.6. The van der Waals surface area contributed by atoms with Crippen molar-refractivity contribution in [2.75, 3.05) is 13.2 Å². The second-order valence-electron chi connectivity index (χ2n) is 6.43. The van der Waals surface area contributed by atoms with Crippen LogP contribution in [-0.2, 0) is 9.53 Å². The lowest BCUT2D eigenvalue weighted by atomic mass is 10.1. The Labute approximate surface area is 163 Å². The predicted molar refractivity (Wildman–Crippen MR) is 108 cm³/mol. The van der Waals surface area contributed by atoms with Crippen LogP contribution in [0.3, 0.4) is 0 Å². The van der Waals surface area contributed by atoms with Crippen LogP contribution in [0.25, 0.3) is 22.1 Å². The average molecular weight is 378 g/mol. The van der Waals surface area contributed by atoms with Crippen molar-refractivity contribution in [3.8, 4) is 16.9 Å². The van der Waals surface area contributed by atoms with E-state index >= 15 is 0 Å². The Morgan fingerprint density at radius 2 is 1.93 bits per heavy atom. The van der Waals surface area contributed by atoms with Crippen LogP contribution in [0, 0.1) is 5.92 Å². The largest absolute Gasteiger partial charge is 0.493 e. The number of rotatable bonds is 8. The van der Waals surface area contributed by atoms with E-state index in [1.165, 1.54) is 0 Å². The average Bonchev–Trinajstić information content (AvgIpc) is 2.73. The molecule has 0 fully saturated rings. The molecule has 0 bridgehead atoms. The third kappa shape index (κ3) is 4.68. The third-order valence-electron chi connectivity index (χ3n) is 4.48. The van der Waals surface area contributed by atoms with Gasteiger partial charge in [-0.1, -0.05) is 43.8 Å². The molecule has 0 aliphatic heterocycles. The highest BCUT2D eigenvalue weighted by Crippen LogP contribution is 2.24. The smallest absolute Gasteiger partial charge is 0.344 e. The summed E-state index contributed by atoms with van der Waals surface area (Å²) in [7, 11) is 0. The van der Waals surface area contributed by atoms with Crippen molar-refractivity contribution in [3.05, 3.63) is 77.7 Å². The number of carbonyl (C=O) groups excluding carboxylic acids is 1. The monoisotopic (exact) mass is 378 g/mol. The maximum atomic E-state index is 12.4. The summed E-state index contributed by atoms with van der Waals surface area (Å²) in [5.74, 6) is 0.212. The summed E-state index contributed by atoms with van der Waals surface area (Å²) in [6.07, 6.45) is 1.94. The number of fused-ring (bicyclic) bond motifs is 1. The minimum absolute atomic E-state index is 0.0621. The van der Waals surface area contributed by atoms with E-state index in [0.29, 0.717) is 23.5 Å². The predicted octanol–water partition coefficient (Wildman–Crippen LogP) is 4.59. The summed E-state index contributed by atoms with van der Waals surface area (Å²) in [6.45, 7) is 6.03. The lowest BCUT2D eigenvalue weighted by Crippen LogP contribution is -2.19. The Morgan fingerprint density at radius 3 is 2.64 bits per heavy atom. The summed E-state index contributed by atoms with van der Waals surface area (Å²) in [5.41, 5.74) is 1.42. The molecule has 0 spiro atoms. The number of ether oxygens (including phenoxy) is 2. The van der Waals surface area contributed by atoms with Crippen LogP contribution >= 0.6 is 0 Å². The molecule has 3 aromatic rings. The first-order valence-electron chi connectivity index (χ1n) is 9.16. The summed E-state index contributed by atoms with van der Waals surface area (Å²) >= 11 is 0. The van der Waals surface area contributed by atoms with Crippen LogP contribution < -0.4 is 10.4 Å². The minimum atomic E-state index is -0.444. The van der Waals surface area contributed by atoms with Crippen LogP contribution in [0.4, 0.5) is 0 Å². The standard InChI is InChI=1S/C23H22O5/c1-3-16(15-27-22(24)4-2)14-26-19-11-10-18-12-20(17-8-6-5-7-9-17)23(25)28-21(18)13-19/h4-13,16H,2-3,14-15H2,1H3. The van der Waals surface area contributed by atoms with Crippen molar-refractivity contribution in [1.29, 1.82) is 0 Å². The van der Waals surface area contributed by atoms with Gasteiger partial charge in [-0.2, -0.15) is 0 Å². The zero-order valence-electron chi connectivity index (χ0n) is 15.7. The zero-order valence-corrected chi connectivity index (χ0v) is 15.7. The summed E-state index contributed by atoms with van der Waals surface area (Å²) in [5, 5.41) is 0.817. The van der Waals surface area contributed by atoms with Crippen molar-refractivity contribution < 1.29 is 18.7 Å². The van der Waals surface area contributed by atoms with E-state index in [1.54, 1.807) is 6.07 Å². The van der Waals surface area contributed by atoms with Crippen LogP contribution in [-0.4, -0.2) is 19.2 Å². The van der Waals surface area contributed by atoms with E-state index in [4.69, 9.17) is 13.9 Å². The van der Waals surface area contributed by atoms with E-state index in [9.17, 15) is 9.59 Å².